The summed E-state index contributed by atoms with van der Waals surface area (Å²) >= 11 is 0. The van der Waals surface area contributed by atoms with Gasteiger partial charge in [-0.05, 0) is 36.2 Å². The van der Waals surface area contributed by atoms with E-state index in [0.29, 0.717) is 18.7 Å². The number of ketones is 1. The number of rotatable bonds is 6. The Balaban J connectivity index is 2.07. The maximum Gasteiger partial charge on any atom is 0.290 e. The number of carbonyl (C=O) groups excluding carboxylic acids is 2. The lowest BCUT2D eigenvalue weighted by molar-refractivity contribution is -0.129. The van der Waals surface area contributed by atoms with Crippen LogP contribution in [0.25, 0.3) is 0 Å². The first kappa shape index (κ1) is 16.8. The number of ether oxygens (including phenoxy) is 1. The zero-order chi connectivity index (χ0) is 18.0. The van der Waals surface area contributed by atoms with Crippen molar-refractivity contribution in [3.63, 3.8) is 0 Å². The average Bonchev–Trinajstić information content (AvgIpc) is 3.25. The number of nitrogens with zero attached hydrogens (tertiary/aromatic N) is 1. The molecule has 1 aliphatic rings. The molecule has 1 atom stereocenters. The SMILES string of the molecule is CCCN1C(=O)C(O)=C(C(=O)c2ccco2)C1c1ccc(OC)cc1. The van der Waals surface area contributed by atoms with Gasteiger partial charge in [-0.25, -0.2) is 0 Å². The molecule has 0 bridgehead atoms. The lowest BCUT2D eigenvalue weighted by Crippen LogP contribution is -2.31. The molecular formula is C19H19NO5. The summed E-state index contributed by atoms with van der Waals surface area (Å²) in [6.07, 6.45) is 2.09. The molecule has 2 heterocycles. The summed E-state index contributed by atoms with van der Waals surface area (Å²) in [5, 5.41) is 10.4. The van der Waals surface area contributed by atoms with E-state index in [1.54, 1.807) is 37.4 Å². The molecule has 6 nitrogen and oxygen atoms in total. The van der Waals surface area contributed by atoms with E-state index in [9.17, 15) is 14.7 Å². The topological polar surface area (TPSA) is 80.0 Å². The van der Waals surface area contributed by atoms with Gasteiger partial charge in [0.1, 0.15) is 5.75 Å². The first-order valence-electron chi connectivity index (χ1n) is 8.04. The second-order valence-electron chi connectivity index (χ2n) is 5.74. The summed E-state index contributed by atoms with van der Waals surface area (Å²) < 4.78 is 10.3. The first-order chi connectivity index (χ1) is 12.1. The molecule has 1 unspecified atom stereocenters. The molecule has 2 aromatic rings. The van der Waals surface area contributed by atoms with Gasteiger partial charge in [-0.1, -0.05) is 19.1 Å². The van der Waals surface area contributed by atoms with E-state index in [0.717, 1.165) is 5.56 Å². The molecule has 1 aromatic heterocycles. The first-order valence-corrected chi connectivity index (χ1v) is 8.04. The van der Waals surface area contributed by atoms with Crippen molar-refractivity contribution >= 4 is 11.7 Å². The number of carbonyl (C=O) groups is 2. The van der Waals surface area contributed by atoms with Gasteiger partial charge in [0.05, 0.1) is 25.0 Å². The highest BCUT2D eigenvalue weighted by Gasteiger charge is 2.43. The molecule has 130 valence electrons. The molecule has 0 fully saturated rings. The average molecular weight is 341 g/mol. The standard InChI is InChI=1S/C19H19NO5/c1-3-10-20-16(12-6-8-13(24-2)9-7-12)15(18(22)19(20)23)17(21)14-5-4-11-25-14/h4-9,11,16,22H,3,10H2,1-2H3. The van der Waals surface area contributed by atoms with Crippen molar-refractivity contribution in [1.29, 1.82) is 0 Å². The third-order valence-electron chi connectivity index (χ3n) is 4.19. The smallest absolute Gasteiger partial charge is 0.290 e. The molecule has 1 N–H and O–H groups in total. The lowest BCUT2D eigenvalue weighted by Gasteiger charge is -2.26. The van der Waals surface area contributed by atoms with Crippen molar-refractivity contribution < 1.29 is 23.8 Å². The Labute approximate surface area is 145 Å². The fourth-order valence-electron chi connectivity index (χ4n) is 3.03. The molecule has 1 amide bonds. The van der Waals surface area contributed by atoms with Gasteiger partial charge in [-0.2, -0.15) is 0 Å². The van der Waals surface area contributed by atoms with Crippen LogP contribution in [0.2, 0.25) is 0 Å². The van der Waals surface area contributed by atoms with Crippen molar-refractivity contribution in [2.75, 3.05) is 13.7 Å². The van der Waals surface area contributed by atoms with E-state index in [2.05, 4.69) is 0 Å². The van der Waals surface area contributed by atoms with Gasteiger partial charge < -0.3 is 19.2 Å². The largest absolute Gasteiger partial charge is 0.503 e. The Morgan fingerprint density at radius 1 is 1.28 bits per heavy atom. The highest BCUT2D eigenvalue weighted by molar-refractivity contribution is 6.14. The van der Waals surface area contributed by atoms with Crippen molar-refractivity contribution in [3.05, 3.63) is 65.3 Å². The number of aliphatic hydroxyl groups is 1. The summed E-state index contributed by atoms with van der Waals surface area (Å²) in [6.45, 7) is 2.36. The van der Waals surface area contributed by atoms with Crippen LogP contribution in [0.5, 0.6) is 5.75 Å². The lowest BCUT2D eigenvalue weighted by atomic mass is 9.95. The Morgan fingerprint density at radius 3 is 2.56 bits per heavy atom. The molecule has 0 saturated carbocycles. The monoisotopic (exact) mass is 341 g/mol. The fraction of sp³-hybridized carbons (Fsp3) is 0.263. The quantitative estimate of drug-likeness (QED) is 0.816. The number of benzene rings is 1. The molecule has 0 radical (unpaired) electrons. The van der Waals surface area contributed by atoms with E-state index < -0.39 is 23.5 Å². The van der Waals surface area contributed by atoms with Crippen LogP contribution >= 0.6 is 0 Å². The van der Waals surface area contributed by atoms with Crippen LogP contribution in [0.4, 0.5) is 0 Å². The van der Waals surface area contributed by atoms with Crippen LogP contribution in [0.3, 0.4) is 0 Å². The summed E-state index contributed by atoms with van der Waals surface area (Å²) in [5.41, 5.74) is 0.764. The number of methoxy groups -OCH3 is 1. The number of amides is 1. The summed E-state index contributed by atoms with van der Waals surface area (Å²) in [6, 6.07) is 9.54. The number of hydrogen-bond donors (Lipinski definition) is 1. The van der Waals surface area contributed by atoms with Crippen LogP contribution in [0.15, 0.2) is 58.4 Å². The van der Waals surface area contributed by atoms with Crippen LogP contribution in [-0.4, -0.2) is 35.4 Å². The number of hydrogen-bond acceptors (Lipinski definition) is 5. The summed E-state index contributed by atoms with van der Waals surface area (Å²) in [4.78, 5) is 26.8. The van der Waals surface area contributed by atoms with Gasteiger partial charge in [0.15, 0.2) is 11.5 Å². The molecule has 0 aliphatic carbocycles. The Morgan fingerprint density at radius 2 is 2.00 bits per heavy atom. The summed E-state index contributed by atoms with van der Waals surface area (Å²) in [7, 11) is 1.56. The van der Waals surface area contributed by atoms with Crippen LogP contribution in [0.1, 0.15) is 35.5 Å². The van der Waals surface area contributed by atoms with Crippen molar-refractivity contribution in [1.82, 2.24) is 4.90 Å². The van der Waals surface area contributed by atoms with Gasteiger partial charge >= 0.3 is 0 Å². The Hall–Kier alpha value is -3.02. The van der Waals surface area contributed by atoms with Crippen LogP contribution in [0, 0.1) is 0 Å². The van der Waals surface area contributed by atoms with E-state index in [4.69, 9.17) is 9.15 Å². The zero-order valence-electron chi connectivity index (χ0n) is 14.1. The van der Waals surface area contributed by atoms with Crippen molar-refractivity contribution in [2.24, 2.45) is 0 Å². The summed E-state index contributed by atoms with van der Waals surface area (Å²) in [5.74, 6) is -0.794. The van der Waals surface area contributed by atoms with Gasteiger partial charge in [0, 0.05) is 6.54 Å². The fourth-order valence-corrected chi connectivity index (χ4v) is 3.03. The molecular weight excluding hydrogens is 322 g/mol. The van der Waals surface area contributed by atoms with E-state index >= 15 is 0 Å². The van der Waals surface area contributed by atoms with Crippen LogP contribution in [-0.2, 0) is 4.79 Å². The highest BCUT2D eigenvalue weighted by atomic mass is 16.5. The zero-order valence-corrected chi connectivity index (χ0v) is 14.1. The number of aliphatic hydroxyl groups excluding tert-OH is 1. The minimum atomic E-state index is -0.657. The molecule has 0 spiro atoms. The third kappa shape index (κ3) is 2.91. The van der Waals surface area contributed by atoms with Crippen molar-refractivity contribution in [3.8, 4) is 5.75 Å². The Bertz CT molecular complexity index is 805. The third-order valence-corrected chi connectivity index (χ3v) is 4.19. The highest BCUT2D eigenvalue weighted by Crippen LogP contribution is 2.39. The van der Waals surface area contributed by atoms with Gasteiger partial charge in [0.25, 0.3) is 5.91 Å². The predicted octanol–water partition coefficient (Wildman–Crippen LogP) is 3.28. The molecule has 1 aromatic carbocycles. The van der Waals surface area contributed by atoms with Crippen LogP contribution < -0.4 is 4.74 Å². The molecule has 0 saturated heterocycles. The molecule has 3 rings (SSSR count). The maximum atomic E-state index is 12.8. The second kappa shape index (κ2) is 6.84. The molecule has 1 aliphatic heterocycles. The minimum absolute atomic E-state index is 0.0403. The maximum absolute atomic E-state index is 12.8. The number of Topliss-reactive ketones (excluding diaryl/α,β-unsaturated/α-hetero) is 1. The van der Waals surface area contributed by atoms with Gasteiger partial charge in [0.2, 0.25) is 5.78 Å². The Kier molecular flexibility index (Phi) is 4.61. The van der Waals surface area contributed by atoms with Crippen molar-refractivity contribution in [2.45, 2.75) is 19.4 Å². The molecule has 25 heavy (non-hydrogen) atoms. The normalized spacial score (nSPS) is 17.3. The second-order valence-corrected chi connectivity index (χ2v) is 5.74. The van der Waals surface area contributed by atoms with Gasteiger partial charge in [-0.15, -0.1) is 0 Å². The predicted molar refractivity (Wildman–Crippen MR) is 90.4 cm³/mol. The number of furan rings is 1. The van der Waals surface area contributed by atoms with Gasteiger partial charge in [-0.3, -0.25) is 9.59 Å². The minimum Gasteiger partial charge on any atom is -0.503 e. The molecule has 6 heteroatoms. The van der Waals surface area contributed by atoms with E-state index in [-0.39, 0.29) is 11.3 Å². The van der Waals surface area contributed by atoms with E-state index in [1.165, 1.54) is 17.2 Å². The van der Waals surface area contributed by atoms with E-state index in [1.807, 2.05) is 6.92 Å².